The van der Waals surface area contributed by atoms with Gasteiger partial charge in [0.05, 0.1) is 21.6 Å². The molecule has 12 heteroatoms. The second-order valence-electron chi connectivity index (χ2n) is 8.91. The molecule has 4 aromatic rings. The Bertz CT molecular complexity index is 1510. The number of rotatable bonds is 13. The van der Waals surface area contributed by atoms with Gasteiger partial charge in [-0.05, 0) is 84.8 Å². The number of nitrogens with one attached hydrogen (secondary N) is 1. The van der Waals surface area contributed by atoms with Crippen molar-refractivity contribution in [2.75, 3.05) is 19.7 Å². The van der Waals surface area contributed by atoms with Crippen LogP contribution in [0.25, 0.3) is 0 Å². The fourth-order valence-corrected chi connectivity index (χ4v) is 5.27. The highest BCUT2D eigenvalue weighted by molar-refractivity contribution is 7.91. The lowest BCUT2D eigenvalue weighted by atomic mass is 10.1. The van der Waals surface area contributed by atoms with Crippen molar-refractivity contribution >= 4 is 52.2 Å². The minimum absolute atomic E-state index is 0. The standard InChI is InChI=1S/C30H29ClN2O6S.2ClH/c31-24-5-3-4-23(18-24)29(34)19-32-17-15-22-7-11-27(12-8-22)40(36,37)28-13-9-26(10-14-28)38-21-30(35)39-20-25-6-1-2-16-33-25;;/h1-14,16,18,29,32,34H,15,17,19-21H2;2*1H/t29-;;/m0../s1. The molecule has 1 aromatic heterocycles. The maximum absolute atomic E-state index is 13.1. The molecule has 0 aliphatic heterocycles. The summed E-state index contributed by atoms with van der Waals surface area (Å²) in [7, 11) is -3.73. The zero-order chi connectivity index (χ0) is 28.4. The molecular formula is C30H31Cl3N2O6S. The fourth-order valence-electron chi connectivity index (χ4n) is 3.81. The van der Waals surface area contributed by atoms with Crippen LogP contribution in [0.5, 0.6) is 5.75 Å². The van der Waals surface area contributed by atoms with Crippen LogP contribution in [-0.2, 0) is 32.4 Å². The first-order valence-electron chi connectivity index (χ1n) is 12.6. The molecular weight excluding hydrogens is 623 g/mol. The van der Waals surface area contributed by atoms with Crippen LogP contribution in [0.3, 0.4) is 0 Å². The number of sulfone groups is 1. The van der Waals surface area contributed by atoms with Gasteiger partial charge in [-0.2, -0.15) is 0 Å². The van der Waals surface area contributed by atoms with Crippen LogP contribution in [0.2, 0.25) is 5.02 Å². The third-order valence-electron chi connectivity index (χ3n) is 5.99. The number of nitrogens with zero attached hydrogens (tertiary/aromatic N) is 1. The monoisotopic (exact) mass is 652 g/mol. The molecule has 0 radical (unpaired) electrons. The highest BCUT2D eigenvalue weighted by Gasteiger charge is 2.18. The summed E-state index contributed by atoms with van der Waals surface area (Å²) in [5.41, 5.74) is 2.33. The van der Waals surface area contributed by atoms with Gasteiger partial charge in [0.1, 0.15) is 12.4 Å². The summed E-state index contributed by atoms with van der Waals surface area (Å²) in [5.74, 6) is -0.216. The van der Waals surface area contributed by atoms with Gasteiger partial charge in [0.15, 0.2) is 6.61 Å². The summed E-state index contributed by atoms with van der Waals surface area (Å²) in [4.78, 5) is 16.3. The summed E-state index contributed by atoms with van der Waals surface area (Å²) in [6, 6.07) is 25.0. The predicted octanol–water partition coefficient (Wildman–Crippen LogP) is 5.40. The summed E-state index contributed by atoms with van der Waals surface area (Å²) in [5, 5.41) is 14.1. The number of aliphatic hydroxyl groups is 1. The van der Waals surface area contributed by atoms with Crippen LogP contribution in [0, 0.1) is 0 Å². The Morgan fingerprint density at radius 2 is 1.62 bits per heavy atom. The molecule has 4 rings (SSSR count). The van der Waals surface area contributed by atoms with Crippen LogP contribution in [0.15, 0.2) is 107 Å². The normalized spacial score (nSPS) is 11.5. The molecule has 0 saturated carbocycles. The van der Waals surface area contributed by atoms with E-state index in [1.807, 2.05) is 6.07 Å². The van der Waals surface area contributed by atoms with E-state index in [1.54, 1.807) is 66.9 Å². The van der Waals surface area contributed by atoms with Gasteiger partial charge in [0.25, 0.3) is 0 Å². The third-order valence-corrected chi connectivity index (χ3v) is 8.01. The second kappa shape index (κ2) is 17.1. The van der Waals surface area contributed by atoms with Crippen LogP contribution in [0.1, 0.15) is 22.9 Å². The van der Waals surface area contributed by atoms with Gasteiger partial charge in [0.2, 0.25) is 9.84 Å². The lowest BCUT2D eigenvalue weighted by Gasteiger charge is -2.13. The molecule has 224 valence electrons. The number of halogens is 3. The Kier molecular flexibility index (Phi) is 14.2. The van der Waals surface area contributed by atoms with Crippen molar-refractivity contribution in [2.24, 2.45) is 0 Å². The molecule has 0 bridgehead atoms. The van der Waals surface area contributed by atoms with Gasteiger partial charge in [-0.15, -0.1) is 24.8 Å². The van der Waals surface area contributed by atoms with Gasteiger partial charge >= 0.3 is 5.97 Å². The van der Waals surface area contributed by atoms with E-state index in [1.165, 1.54) is 24.3 Å². The Morgan fingerprint density at radius 1 is 0.929 bits per heavy atom. The molecule has 0 unspecified atom stereocenters. The molecule has 0 fully saturated rings. The number of aliphatic hydroxyl groups excluding tert-OH is 1. The van der Waals surface area contributed by atoms with Gasteiger partial charge in [-0.1, -0.05) is 41.9 Å². The highest BCUT2D eigenvalue weighted by atomic mass is 35.5. The zero-order valence-corrected chi connectivity index (χ0v) is 25.6. The maximum atomic E-state index is 13.1. The summed E-state index contributed by atoms with van der Waals surface area (Å²) < 4.78 is 36.7. The predicted molar refractivity (Wildman–Crippen MR) is 165 cm³/mol. The summed E-state index contributed by atoms with van der Waals surface area (Å²) in [6.45, 7) is 0.720. The molecule has 0 saturated heterocycles. The van der Waals surface area contributed by atoms with E-state index in [2.05, 4.69) is 10.3 Å². The number of benzene rings is 3. The third kappa shape index (κ3) is 10.3. The number of carbonyl (C=O) groups is 1. The SMILES string of the molecule is Cl.Cl.O=C(COc1ccc(S(=O)(=O)c2ccc(CCNC[C@H](O)c3cccc(Cl)c3)cc2)cc1)OCc1ccccn1. The van der Waals surface area contributed by atoms with Crippen LogP contribution < -0.4 is 10.1 Å². The average Bonchev–Trinajstić information content (AvgIpc) is 2.98. The van der Waals surface area contributed by atoms with Crippen molar-refractivity contribution in [1.29, 1.82) is 0 Å². The molecule has 0 aliphatic carbocycles. The Labute approximate surface area is 262 Å². The number of ether oxygens (including phenoxy) is 2. The molecule has 1 atom stereocenters. The second-order valence-corrected chi connectivity index (χ2v) is 11.3. The van der Waals surface area contributed by atoms with Gasteiger partial charge in [0, 0.05) is 17.8 Å². The van der Waals surface area contributed by atoms with E-state index >= 15 is 0 Å². The first-order chi connectivity index (χ1) is 19.3. The van der Waals surface area contributed by atoms with Crippen LogP contribution in [-0.4, -0.2) is 44.2 Å². The molecule has 42 heavy (non-hydrogen) atoms. The smallest absolute Gasteiger partial charge is 0.344 e. The number of esters is 1. The van der Waals surface area contributed by atoms with Gasteiger partial charge in [-0.3, -0.25) is 4.98 Å². The summed E-state index contributed by atoms with van der Waals surface area (Å²) in [6.07, 6.45) is 1.61. The molecule has 0 amide bonds. The molecule has 0 spiro atoms. The van der Waals surface area contributed by atoms with E-state index in [9.17, 15) is 18.3 Å². The lowest BCUT2D eigenvalue weighted by Crippen LogP contribution is -2.23. The molecule has 1 heterocycles. The Balaban J connectivity index is 0.00000308. The quantitative estimate of drug-likeness (QED) is 0.146. The topological polar surface area (TPSA) is 115 Å². The van der Waals surface area contributed by atoms with Crippen molar-refractivity contribution in [2.45, 2.75) is 28.9 Å². The Morgan fingerprint density at radius 3 is 2.26 bits per heavy atom. The summed E-state index contributed by atoms with van der Waals surface area (Å²) >= 11 is 5.97. The zero-order valence-electron chi connectivity index (χ0n) is 22.4. The molecule has 3 aromatic carbocycles. The van der Waals surface area contributed by atoms with Crippen molar-refractivity contribution in [3.63, 3.8) is 0 Å². The molecule has 8 nitrogen and oxygen atoms in total. The van der Waals surface area contributed by atoms with Crippen molar-refractivity contribution in [1.82, 2.24) is 10.3 Å². The average molecular weight is 654 g/mol. The van der Waals surface area contributed by atoms with E-state index in [-0.39, 0.29) is 47.8 Å². The first-order valence-corrected chi connectivity index (χ1v) is 14.4. The van der Waals surface area contributed by atoms with Crippen LogP contribution in [0.4, 0.5) is 0 Å². The highest BCUT2D eigenvalue weighted by Crippen LogP contribution is 2.24. The first kappa shape index (κ1) is 35.0. The number of carbonyl (C=O) groups excluding carboxylic acids is 1. The minimum Gasteiger partial charge on any atom is -0.482 e. The van der Waals surface area contributed by atoms with Gasteiger partial charge in [-0.25, -0.2) is 13.2 Å². The van der Waals surface area contributed by atoms with E-state index in [4.69, 9.17) is 21.1 Å². The van der Waals surface area contributed by atoms with Crippen molar-refractivity contribution in [3.8, 4) is 5.75 Å². The van der Waals surface area contributed by atoms with E-state index < -0.39 is 21.9 Å². The van der Waals surface area contributed by atoms with E-state index in [0.29, 0.717) is 36.0 Å². The number of pyridine rings is 1. The number of aromatic nitrogens is 1. The number of hydrogen-bond acceptors (Lipinski definition) is 8. The maximum Gasteiger partial charge on any atom is 0.344 e. The number of hydrogen-bond donors (Lipinski definition) is 2. The fraction of sp³-hybridized carbons (Fsp3) is 0.200. The largest absolute Gasteiger partial charge is 0.482 e. The lowest BCUT2D eigenvalue weighted by molar-refractivity contribution is -0.147. The van der Waals surface area contributed by atoms with Crippen molar-refractivity contribution < 1.29 is 27.8 Å². The van der Waals surface area contributed by atoms with Gasteiger partial charge < -0.3 is 19.9 Å². The van der Waals surface area contributed by atoms with Crippen molar-refractivity contribution in [3.05, 3.63) is 119 Å². The molecule has 2 N–H and O–H groups in total. The Hall–Kier alpha value is -3.18. The molecule has 0 aliphatic rings. The van der Waals surface area contributed by atoms with Crippen LogP contribution >= 0.6 is 36.4 Å². The minimum atomic E-state index is -3.73. The van der Waals surface area contributed by atoms with E-state index in [0.717, 1.165) is 11.1 Å².